The summed E-state index contributed by atoms with van der Waals surface area (Å²) >= 11 is 0. The Balaban J connectivity index is 2.10. The fourth-order valence-corrected chi connectivity index (χ4v) is 2.74. The maximum Gasteiger partial charge on any atom is 0.326 e. The Hall–Kier alpha value is -2.24. The summed E-state index contributed by atoms with van der Waals surface area (Å²) in [6, 6.07) is 2.73. The Bertz CT molecular complexity index is 537. The zero-order valence-electron chi connectivity index (χ0n) is 11.6. The summed E-state index contributed by atoms with van der Waals surface area (Å²) in [5.74, 6) is -2.41. The van der Waals surface area contributed by atoms with Gasteiger partial charge in [-0.05, 0) is 37.0 Å². The van der Waals surface area contributed by atoms with Gasteiger partial charge in [0.1, 0.15) is 6.04 Å². The van der Waals surface area contributed by atoms with E-state index in [1.807, 2.05) is 0 Å². The molecule has 0 aromatic heterocycles. The van der Waals surface area contributed by atoms with E-state index in [9.17, 15) is 24.9 Å². The molecule has 1 fully saturated rings. The number of benzene rings is 1. The van der Waals surface area contributed by atoms with Crippen molar-refractivity contribution in [2.24, 2.45) is 5.92 Å². The lowest BCUT2D eigenvalue weighted by Crippen LogP contribution is -2.46. The molecule has 1 aromatic rings. The number of carboxylic acid groups (broad SMARTS) is 1. The minimum atomic E-state index is -1.04. The zero-order valence-corrected chi connectivity index (χ0v) is 11.6. The number of carbonyl (C=O) groups excluding carboxylic acids is 1. The van der Waals surface area contributed by atoms with Crippen LogP contribution in [0.5, 0.6) is 11.5 Å². The van der Waals surface area contributed by atoms with Crippen molar-refractivity contribution in [2.45, 2.75) is 38.1 Å². The molecule has 6 heteroatoms. The molecule has 2 rings (SSSR count). The predicted octanol–water partition coefficient (Wildman–Crippen LogP) is 1.86. The lowest BCUT2D eigenvalue weighted by Gasteiger charge is -2.28. The van der Waals surface area contributed by atoms with Crippen molar-refractivity contribution in [3.05, 3.63) is 23.8 Å². The molecule has 6 nitrogen and oxygen atoms in total. The van der Waals surface area contributed by atoms with Crippen LogP contribution >= 0.6 is 0 Å². The number of phenolic OH excluding ortho intramolecular Hbond substituents is 2. The number of carboxylic acids is 1. The average Bonchev–Trinajstić information content (AvgIpc) is 2.48. The average molecular weight is 293 g/mol. The topological polar surface area (TPSA) is 107 Å². The van der Waals surface area contributed by atoms with Crippen molar-refractivity contribution < 1.29 is 24.9 Å². The van der Waals surface area contributed by atoms with Crippen molar-refractivity contribution in [3.8, 4) is 11.5 Å². The highest BCUT2D eigenvalue weighted by molar-refractivity contribution is 5.97. The van der Waals surface area contributed by atoms with Crippen molar-refractivity contribution in [1.82, 2.24) is 5.32 Å². The number of aromatic hydroxyl groups is 2. The van der Waals surface area contributed by atoms with Crippen molar-refractivity contribution in [3.63, 3.8) is 0 Å². The van der Waals surface area contributed by atoms with Gasteiger partial charge in [-0.15, -0.1) is 0 Å². The van der Waals surface area contributed by atoms with E-state index in [1.54, 1.807) is 0 Å². The fraction of sp³-hybridized carbons (Fsp3) is 0.467. The van der Waals surface area contributed by atoms with Gasteiger partial charge < -0.3 is 20.6 Å². The maximum absolute atomic E-state index is 12.1. The van der Waals surface area contributed by atoms with Crippen LogP contribution in [0.25, 0.3) is 0 Å². The Morgan fingerprint density at radius 2 is 1.76 bits per heavy atom. The van der Waals surface area contributed by atoms with Gasteiger partial charge in [-0.2, -0.15) is 0 Å². The van der Waals surface area contributed by atoms with Crippen LogP contribution in [-0.2, 0) is 4.79 Å². The molecule has 1 aliphatic rings. The molecule has 1 aromatic carbocycles. The monoisotopic (exact) mass is 293 g/mol. The number of phenols is 2. The molecule has 1 atom stereocenters. The summed E-state index contributed by atoms with van der Waals surface area (Å²) in [7, 11) is 0. The lowest BCUT2D eigenvalue weighted by atomic mass is 9.84. The first kappa shape index (κ1) is 15.2. The number of nitrogens with one attached hydrogen (secondary N) is 1. The number of amides is 1. The minimum Gasteiger partial charge on any atom is -0.504 e. The quantitative estimate of drug-likeness (QED) is 0.634. The number of hydrogen-bond donors (Lipinski definition) is 4. The largest absolute Gasteiger partial charge is 0.504 e. The molecule has 114 valence electrons. The normalized spacial score (nSPS) is 17.1. The summed E-state index contributed by atoms with van der Waals surface area (Å²) in [6.07, 6.45) is 4.63. The van der Waals surface area contributed by atoms with Gasteiger partial charge in [0.05, 0.1) is 0 Å². The molecule has 0 heterocycles. The smallest absolute Gasteiger partial charge is 0.326 e. The first-order valence-electron chi connectivity index (χ1n) is 7.04. The number of aliphatic carboxylic acids is 1. The molecular weight excluding hydrogens is 274 g/mol. The number of hydrogen-bond acceptors (Lipinski definition) is 4. The Morgan fingerprint density at radius 1 is 1.10 bits per heavy atom. The zero-order chi connectivity index (χ0) is 15.4. The van der Waals surface area contributed by atoms with Crippen LogP contribution in [0.15, 0.2) is 18.2 Å². The second kappa shape index (κ2) is 6.47. The highest BCUT2D eigenvalue weighted by Gasteiger charge is 2.31. The molecule has 0 aliphatic heterocycles. The van der Waals surface area contributed by atoms with Crippen LogP contribution in [0, 0.1) is 5.92 Å². The van der Waals surface area contributed by atoms with Gasteiger partial charge in [0.2, 0.25) is 0 Å². The molecule has 1 saturated carbocycles. The molecule has 0 saturated heterocycles. The summed E-state index contributed by atoms with van der Waals surface area (Å²) in [6.45, 7) is 0. The van der Waals surface area contributed by atoms with E-state index in [-0.39, 0.29) is 17.2 Å². The van der Waals surface area contributed by atoms with Gasteiger partial charge in [-0.25, -0.2) is 4.79 Å². The molecular formula is C15H19NO5. The highest BCUT2D eigenvalue weighted by atomic mass is 16.4. The van der Waals surface area contributed by atoms with Gasteiger partial charge in [-0.3, -0.25) is 4.79 Å². The van der Waals surface area contributed by atoms with E-state index in [0.29, 0.717) is 0 Å². The van der Waals surface area contributed by atoms with Crippen LogP contribution < -0.4 is 5.32 Å². The lowest BCUT2D eigenvalue weighted by molar-refractivity contribution is -0.141. The second-order valence-corrected chi connectivity index (χ2v) is 5.39. The SMILES string of the molecule is O=C(NC(C(=O)O)C1CCCCC1)c1ccc(O)c(O)c1. The third-order valence-corrected chi connectivity index (χ3v) is 3.91. The van der Waals surface area contributed by atoms with Crippen molar-refractivity contribution in [1.29, 1.82) is 0 Å². The van der Waals surface area contributed by atoms with E-state index in [1.165, 1.54) is 12.1 Å². The van der Waals surface area contributed by atoms with Crippen molar-refractivity contribution >= 4 is 11.9 Å². The Labute approximate surface area is 122 Å². The van der Waals surface area contributed by atoms with Crippen molar-refractivity contribution in [2.75, 3.05) is 0 Å². The predicted molar refractivity (Wildman–Crippen MR) is 75.2 cm³/mol. The van der Waals surface area contributed by atoms with Crippen LogP contribution in [-0.4, -0.2) is 33.2 Å². The number of carbonyl (C=O) groups is 2. The van der Waals surface area contributed by atoms with E-state index >= 15 is 0 Å². The van der Waals surface area contributed by atoms with E-state index in [2.05, 4.69) is 5.32 Å². The van der Waals surface area contributed by atoms with Gasteiger partial charge in [0, 0.05) is 5.56 Å². The third-order valence-electron chi connectivity index (χ3n) is 3.91. The van der Waals surface area contributed by atoms with E-state index in [4.69, 9.17) is 0 Å². The maximum atomic E-state index is 12.1. The first-order chi connectivity index (χ1) is 9.99. The molecule has 1 unspecified atom stereocenters. The molecule has 21 heavy (non-hydrogen) atoms. The van der Waals surface area contributed by atoms with Gasteiger partial charge in [-0.1, -0.05) is 19.3 Å². The van der Waals surface area contributed by atoms with Gasteiger partial charge in [0.15, 0.2) is 11.5 Å². The Morgan fingerprint density at radius 3 is 2.33 bits per heavy atom. The standard InChI is InChI=1S/C15H19NO5/c17-11-7-6-10(8-12(11)18)14(19)16-13(15(20)21)9-4-2-1-3-5-9/h6-9,13,17-18H,1-5H2,(H,16,19)(H,20,21). The summed E-state index contributed by atoms with van der Waals surface area (Å²) < 4.78 is 0. The molecule has 1 amide bonds. The summed E-state index contributed by atoms with van der Waals surface area (Å²) in [5, 5.41) is 30.5. The van der Waals surface area contributed by atoms with Crippen LogP contribution in [0.4, 0.5) is 0 Å². The molecule has 1 aliphatic carbocycles. The van der Waals surface area contributed by atoms with Crippen LogP contribution in [0.3, 0.4) is 0 Å². The first-order valence-corrected chi connectivity index (χ1v) is 7.04. The fourth-order valence-electron chi connectivity index (χ4n) is 2.74. The molecule has 0 spiro atoms. The second-order valence-electron chi connectivity index (χ2n) is 5.39. The highest BCUT2D eigenvalue weighted by Crippen LogP contribution is 2.28. The third kappa shape index (κ3) is 3.65. The molecule has 4 N–H and O–H groups in total. The van der Waals surface area contributed by atoms with Crippen LogP contribution in [0.2, 0.25) is 0 Å². The van der Waals surface area contributed by atoms with Gasteiger partial charge in [0.25, 0.3) is 5.91 Å². The van der Waals surface area contributed by atoms with Gasteiger partial charge >= 0.3 is 5.97 Å². The molecule has 0 radical (unpaired) electrons. The Kier molecular flexibility index (Phi) is 4.67. The number of rotatable bonds is 4. The van der Waals surface area contributed by atoms with E-state index < -0.39 is 23.7 Å². The van der Waals surface area contributed by atoms with E-state index in [0.717, 1.165) is 38.2 Å². The minimum absolute atomic E-state index is 0.0640. The van der Waals surface area contributed by atoms with Crippen LogP contribution in [0.1, 0.15) is 42.5 Å². The molecule has 0 bridgehead atoms. The summed E-state index contributed by atoms with van der Waals surface area (Å²) in [5.41, 5.74) is 0.118. The summed E-state index contributed by atoms with van der Waals surface area (Å²) in [4.78, 5) is 23.5.